The first-order chi connectivity index (χ1) is 26.1. The molecule has 0 atom stereocenters. The van der Waals surface area contributed by atoms with E-state index < -0.39 is 0 Å². The lowest BCUT2D eigenvalue weighted by Gasteiger charge is -2.43. The molecule has 4 aliphatic heterocycles. The van der Waals surface area contributed by atoms with Crippen molar-refractivity contribution in [3.05, 3.63) is 145 Å². The summed E-state index contributed by atoms with van der Waals surface area (Å²) in [6, 6.07) is 51.7. The molecule has 0 spiro atoms. The van der Waals surface area contributed by atoms with Gasteiger partial charge in [-0.25, -0.2) is 0 Å². The first-order valence-electron chi connectivity index (χ1n) is 19.6. The molecule has 2 nitrogen and oxygen atoms in total. The molecule has 4 aliphatic rings. The first kappa shape index (κ1) is 30.7. The van der Waals surface area contributed by atoms with Crippen molar-refractivity contribution in [1.82, 2.24) is 4.57 Å². The molecule has 0 radical (unpaired) electrons. The highest BCUT2D eigenvalue weighted by Crippen LogP contribution is 2.46. The van der Waals surface area contributed by atoms with Gasteiger partial charge in [0.05, 0.1) is 11.0 Å². The summed E-state index contributed by atoms with van der Waals surface area (Å²) in [5.74, 6) is 0. The second-order valence-corrected chi connectivity index (χ2v) is 18.1. The van der Waals surface area contributed by atoms with E-state index in [9.17, 15) is 0 Å². The van der Waals surface area contributed by atoms with Gasteiger partial charge in [0.25, 0.3) is 6.71 Å². The molecule has 54 heavy (non-hydrogen) atoms. The van der Waals surface area contributed by atoms with E-state index in [0.717, 1.165) is 0 Å². The monoisotopic (exact) mass is 690 g/mol. The summed E-state index contributed by atoms with van der Waals surface area (Å²) >= 11 is 0. The summed E-state index contributed by atoms with van der Waals surface area (Å²) in [4.78, 5) is 2.65. The van der Waals surface area contributed by atoms with Crippen LogP contribution >= 0.6 is 0 Å². The van der Waals surface area contributed by atoms with Gasteiger partial charge in [0, 0.05) is 33.5 Å². The summed E-state index contributed by atoms with van der Waals surface area (Å²) in [6.07, 6.45) is 0. The second-order valence-electron chi connectivity index (χ2n) is 18.1. The molecule has 4 heteroatoms. The lowest BCUT2D eigenvalue weighted by molar-refractivity contribution is 0.590. The Bertz CT molecular complexity index is 2910. The van der Waals surface area contributed by atoms with Gasteiger partial charge in [0.15, 0.2) is 0 Å². The molecule has 8 aromatic rings. The number of benzene rings is 7. The highest BCUT2D eigenvalue weighted by molar-refractivity contribution is 7.05. The van der Waals surface area contributed by atoms with Crippen LogP contribution in [0.15, 0.2) is 133 Å². The Kier molecular flexibility index (Phi) is 5.72. The van der Waals surface area contributed by atoms with Crippen LogP contribution in [0.4, 0.5) is 17.1 Å². The largest absolute Gasteiger partial charge is 0.312 e. The smallest absolute Gasteiger partial charge is 0.250 e. The summed E-state index contributed by atoms with van der Waals surface area (Å²) in [5, 5.41) is 2.66. The van der Waals surface area contributed by atoms with E-state index in [1.807, 2.05) is 0 Å². The molecule has 12 rings (SSSR count). The van der Waals surface area contributed by atoms with Crippen molar-refractivity contribution in [2.45, 2.75) is 52.4 Å². The normalized spacial score (nSPS) is 14.4. The first-order valence-corrected chi connectivity index (χ1v) is 19.6. The SMILES string of the molecule is CC(C)(C)c1ccc2c(c1)c1cc(C(C)(C)C)ccc1n2-c1ccc2c3c1B1c4ccccc4-c4cccc(c41)N3c1cccc3c1B2c1ccccc1-3. The van der Waals surface area contributed by atoms with Gasteiger partial charge in [0.2, 0.25) is 6.71 Å². The van der Waals surface area contributed by atoms with Crippen LogP contribution in [-0.4, -0.2) is 18.0 Å². The van der Waals surface area contributed by atoms with Crippen LogP contribution in [0, 0.1) is 0 Å². The van der Waals surface area contributed by atoms with E-state index >= 15 is 0 Å². The predicted molar refractivity (Wildman–Crippen MR) is 233 cm³/mol. The molecule has 0 saturated carbocycles. The van der Waals surface area contributed by atoms with Crippen molar-refractivity contribution in [2.24, 2.45) is 0 Å². The van der Waals surface area contributed by atoms with Crippen LogP contribution < -0.4 is 37.7 Å². The van der Waals surface area contributed by atoms with Crippen molar-refractivity contribution in [3.63, 3.8) is 0 Å². The van der Waals surface area contributed by atoms with E-state index in [-0.39, 0.29) is 24.3 Å². The Morgan fingerprint density at radius 3 is 1.46 bits per heavy atom. The fourth-order valence-electron chi connectivity index (χ4n) is 10.7. The third-order valence-electron chi connectivity index (χ3n) is 13.1. The average molecular weight is 691 g/mol. The maximum Gasteiger partial charge on any atom is 0.250 e. The topological polar surface area (TPSA) is 8.17 Å². The van der Waals surface area contributed by atoms with Crippen LogP contribution in [0.25, 0.3) is 49.7 Å². The van der Waals surface area contributed by atoms with Gasteiger partial charge in [-0.3, -0.25) is 0 Å². The quantitative estimate of drug-likeness (QED) is 0.157. The molecule has 1 aromatic heterocycles. The molecule has 256 valence electrons. The molecular formula is C50H40B2N2. The van der Waals surface area contributed by atoms with Crippen molar-refractivity contribution < 1.29 is 0 Å². The van der Waals surface area contributed by atoms with Crippen LogP contribution in [0.5, 0.6) is 0 Å². The fourth-order valence-corrected chi connectivity index (χ4v) is 10.7. The van der Waals surface area contributed by atoms with Gasteiger partial charge >= 0.3 is 0 Å². The number of anilines is 3. The maximum absolute atomic E-state index is 2.65. The molecule has 7 aromatic carbocycles. The van der Waals surface area contributed by atoms with Gasteiger partial charge in [-0.2, -0.15) is 0 Å². The zero-order valence-electron chi connectivity index (χ0n) is 31.8. The van der Waals surface area contributed by atoms with Crippen molar-refractivity contribution in [3.8, 4) is 27.9 Å². The minimum Gasteiger partial charge on any atom is -0.312 e. The van der Waals surface area contributed by atoms with Gasteiger partial charge in [-0.05, 0) is 109 Å². The minimum atomic E-state index is 0.0417. The van der Waals surface area contributed by atoms with Gasteiger partial charge in [0.1, 0.15) is 0 Å². The Hall–Kier alpha value is -5.73. The number of hydrogen-bond donors (Lipinski definition) is 0. The summed E-state index contributed by atoms with van der Waals surface area (Å²) in [5.41, 5.74) is 24.6. The molecule has 0 N–H and O–H groups in total. The van der Waals surface area contributed by atoms with Crippen molar-refractivity contribution in [2.75, 3.05) is 4.90 Å². The van der Waals surface area contributed by atoms with Crippen LogP contribution in [0.1, 0.15) is 52.7 Å². The highest BCUT2D eigenvalue weighted by atomic mass is 15.2. The Morgan fingerprint density at radius 1 is 0.407 bits per heavy atom. The predicted octanol–water partition coefficient (Wildman–Crippen LogP) is 8.47. The number of nitrogens with zero attached hydrogens (tertiary/aromatic N) is 2. The molecular weight excluding hydrogens is 650 g/mol. The van der Waals surface area contributed by atoms with Crippen LogP contribution in [0.3, 0.4) is 0 Å². The number of hydrogen-bond acceptors (Lipinski definition) is 1. The zero-order valence-corrected chi connectivity index (χ0v) is 31.8. The van der Waals surface area contributed by atoms with E-state index in [2.05, 4.69) is 184 Å². The highest BCUT2D eigenvalue weighted by Gasteiger charge is 2.50. The molecule has 0 aliphatic carbocycles. The second kappa shape index (κ2) is 10.1. The Balaban J connectivity index is 1.25. The Labute approximate surface area is 318 Å². The third kappa shape index (κ3) is 3.74. The summed E-state index contributed by atoms with van der Waals surface area (Å²) < 4.78 is 2.61. The summed E-state index contributed by atoms with van der Waals surface area (Å²) in [6.45, 7) is 14.3. The van der Waals surface area contributed by atoms with Crippen molar-refractivity contribution in [1.29, 1.82) is 0 Å². The van der Waals surface area contributed by atoms with E-state index in [4.69, 9.17) is 0 Å². The minimum absolute atomic E-state index is 0.0417. The molecule has 0 amide bonds. The number of rotatable bonds is 1. The van der Waals surface area contributed by atoms with Crippen LogP contribution in [0.2, 0.25) is 0 Å². The van der Waals surface area contributed by atoms with Gasteiger partial charge in [-0.1, -0.05) is 143 Å². The zero-order chi connectivity index (χ0) is 36.4. The van der Waals surface area contributed by atoms with Crippen molar-refractivity contribution >= 4 is 85.1 Å². The number of fused-ring (bicyclic) bond motifs is 13. The molecule has 0 bridgehead atoms. The molecule has 5 heterocycles. The Morgan fingerprint density at radius 2 is 0.907 bits per heavy atom. The standard InChI is InChI=1S/C50H40B2N2/c1-49(2,3)29-21-24-40-35(27-29)36-28-30(50(4,5)6)22-25-41(36)53(40)44-26-23-39-48-47(44)52-38-18-10-8-14-32(38)34-16-12-20-43(46(34)52)54(48)42-19-11-15-33-31-13-7-9-17-37(31)51(39)45(33)42/h7-28H,1-6H3. The van der Waals surface area contributed by atoms with Gasteiger partial charge in [-0.15, -0.1) is 0 Å². The fraction of sp³-hybridized carbons (Fsp3) is 0.160. The van der Waals surface area contributed by atoms with Crippen LogP contribution in [-0.2, 0) is 10.8 Å². The van der Waals surface area contributed by atoms with E-state index in [1.165, 1.54) is 111 Å². The molecule has 0 unspecified atom stereocenters. The van der Waals surface area contributed by atoms with Gasteiger partial charge < -0.3 is 9.47 Å². The lowest BCUT2D eigenvalue weighted by Crippen LogP contribution is -2.63. The lowest BCUT2D eigenvalue weighted by atomic mass is 9.32. The maximum atomic E-state index is 2.65. The van der Waals surface area contributed by atoms with E-state index in [1.54, 1.807) is 0 Å². The third-order valence-corrected chi connectivity index (χ3v) is 13.1. The van der Waals surface area contributed by atoms with E-state index in [0.29, 0.717) is 0 Å². The molecule has 0 fully saturated rings. The average Bonchev–Trinajstić information content (AvgIpc) is 3.80. The summed E-state index contributed by atoms with van der Waals surface area (Å²) in [7, 11) is 0. The number of aromatic nitrogens is 1. The molecule has 0 saturated heterocycles.